The molecule has 0 spiro atoms. The Morgan fingerprint density at radius 2 is 2.11 bits per heavy atom. The third-order valence-corrected chi connectivity index (χ3v) is 6.79. The first-order chi connectivity index (χ1) is 16.7. The van der Waals surface area contributed by atoms with Crippen LogP contribution in [0.1, 0.15) is 37.4 Å². The molecule has 0 radical (unpaired) electrons. The van der Waals surface area contributed by atoms with Gasteiger partial charge in [0.15, 0.2) is 17.7 Å². The van der Waals surface area contributed by atoms with Crippen molar-refractivity contribution in [1.29, 1.82) is 0 Å². The molecular weight excluding hydrogens is 453 g/mol. The quantitative estimate of drug-likeness (QED) is 0.402. The number of fused-ring (bicyclic) bond motifs is 2. The number of hydrogen-bond acceptors (Lipinski definition) is 5. The van der Waals surface area contributed by atoms with Crippen LogP contribution >= 0.6 is 0 Å². The zero-order valence-electron chi connectivity index (χ0n) is 20.1. The molecule has 0 amide bonds. The van der Waals surface area contributed by atoms with Crippen LogP contribution in [0.15, 0.2) is 36.5 Å². The number of ether oxygens (including phenoxy) is 3. The van der Waals surface area contributed by atoms with Gasteiger partial charge in [-0.1, -0.05) is 13.8 Å². The monoisotopic (exact) mass is 481 g/mol. The number of methoxy groups -OCH3 is 2. The summed E-state index contributed by atoms with van der Waals surface area (Å²) in [5.74, 6) is -1.42. The van der Waals surface area contributed by atoms with E-state index in [0.29, 0.717) is 19.6 Å². The number of rotatable bonds is 7. The number of halogens is 1. The summed E-state index contributed by atoms with van der Waals surface area (Å²) in [5, 5.41) is 18.7. The van der Waals surface area contributed by atoms with E-state index in [1.807, 2.05) is 12.1 Å². The van der Waals surface area contributed by atoms with Crippen LogP contribution in [-0.2, 0) is 19.7 Å². The Hall–Kier alpha value is -3.43. The topological polar surface area (TPSA) is 98.6 Å². The fourth-order valence-electron chi connectivity index (χ4n) is 5.31. The lowest BCUT2D eigenvalue weighted by Crippen LogP contribution is -2.29. The molecule has 1 saturated heterocycles. The molecule has 184 valence electrons. The van der Waals surface area contributed by atoms with Crippen LogP contribution in [0.3, 0.4) is 0 Å². The largest absolute Gasteiger partial charge is 0.494 e. The molecule has 0 bridgehead atoms. The number of nitrogens with one attached hydrogen (secondary N) is 1. The van der Waals surface area contributed by atoms with Crippen LogP contribution in [0.25, 0.3) is 27.5 Å². The van der Waals surface area contributed by atoms with E-state index in [2.05, 4.69) is 28.6 Å². The van der Waals surface area contributed by atoms with E-state index in [1.165, 1.54) is 13.2 Å². The molecule has 2 N–H and O–H groups in total. The van der Waals surface area contributed by atoms with Crippen LogP contribution in [0, 0.1) is 5.82 Å². The summed E-state index contributed by atoms with van der Waals surface area (Å²) >= 11 is 0. The van der Waals surface area contributed by atoms with Gasteiger partial charge in [0.1, 0.15) is 0 Å². The van der Waals surface area contributed by atoms with Gasteiger partial charge in [-0.15, -0.1) is 0 Å². The first kappa shape index (κ1) is 23.3. The summed E-state index contributed by atoms with van der Waals surface area (Å²) in [5.41, 5.74) is 4.00. The summed E-state index contributed by atoms with van der Waals surface area (Å²) in [7, 11) is 3.09. The maximum Gasteiger partial charge on any atom is 0.332 e. The molecule has 1 unspecified atom stereocenters. The molecule has 2 aromatic carbocycles. The molecule has 5 rings (SSSR count). The highest BCUT2D eigenvalue weighted by Crippen LogP contribution is 2.45. The van der Waals surface area contributed by atoms with E-state index >= 15 is 0 Å². The summed E-state index contributed by atoms with van der Waals surface area (Å²) < 4.78 is 33.0. The average molecular weight is 482 g/mol. The number of aromatic nitrogens is 3. The lowest BCUT2D eigenvalue weighted by molar-refractivity contribution is -0.147. The normalized spacial score (nSPS) is 18.5. The number of carboxylic acid groups (broad SMARTS) is 1. The van der Waals surface area contributed by atoms with E-state index in [-0.39, 0.29) is 11.7 Å². The van der Waals surface area contributed by atoms with Crippen molar-refractivity contribution in [2.24, 2.45) is 0 Å². The second-order valence-electron chi connectivity index (χ2n) is 9.65. The van der Waals surface area contributed by atoms with Crippen LogP contribution < -0.4 is 4.74 Å². The lowest BCUT2D eigenvalue weighted by atomic mass is 9.82. The maximum absolute atomic E-state index is 14.4. The highest BCUT2D eigenvalue weighted by atomic mass is 19.1. The van der Waals surface area contributed by atoms with Crippen molar-refractivity contribution >= 4 is 27.8 Å². The van der Waals surface area contributed by atoms with Gasteiger partial charge in [0, 0.05) is 46.7 Å². The van der Waals surface area contributed by atoms with Gasteiger partial charge in [0.2, 0.25) is 0 Å². The number of aromatic amines is 1. The number of H-pyrrole nitrogens is 1. The van der Waals surface area contributed by atoms with Gasteiger partial charge in [-0.2, -0.15) is 5.10 Å². The van der Waals surface area contributed by atoms with E-state index in [9.17, 15) is 14.3 Å². The molecule has 0 aliphatic carbocycles. The zero-order chi connectivity index (χ0) is 24.9. The number of hydrogen-bond donors (Lipinski definition) is 2. The fourth-order valence-corrected chi connectivity index (χ4v) is 5.31. The molecule has 35 heavy (non-hydrogen) atoms. The summed E-state index contributed by atoms with van der Waals surface area (Å²) in [4.78, 5) is 11.7. The van der Waals surface area contributed by atoms with Gasteiger partial charge in [-0.05, 0) is 36.2 Å². The minimum atomic E-state index is -0.965. The third kappa shape index (κ3) is 3.84. The molecular formula is C26H28FN3O5. The summed E-state index contributed by atoms with van der Waals surface area (Å²) in [6, 6.07) is 8.88. The average Bonchev–Trinajstić information content (AvgIpc) is 3.54. The van der Waals surface area contributed by atoms with Gasteiger partial charge in [-0.25, -0.2) is 9.18 Å². The standard InChI is InChI=1S/C26H28FN3O5/c1-26(2,13-33-3)24-23(15-8-22(25(31)32)35-12-15)17-10-19-14(11-28-29-19)7-20(17)30(24)16-5-6-18(27)21(9-16)34-4/h5-7,9-11,15,22H,8,12-13H2,1-4H3,(H,28,29)(H,31,32)/t15-,22?/m0/s1. The minimum Gasteiger partial charge on any atom is -0.494 e. The van der Waals surface area contributed by atoms with Crippen molar-refractivity contribution in [3.8, 4) is 11.4 Å². The Labute approximate surface area is 201 Å². The van der Waals surface area contributed by atoms with Crippen molar-refractivity contribution in [3.05, 3.63) is 53.6 Å². The van der Waals surface area contributed by atoms with Crippen molar-refractivity contribution in [2.75, 3.05) is 27.4 Å². The van der Waals surface area contributed by atoms with E-state index < -0.39 is 23.3 Å². The minimum absolute atomic E-state index is 0.140. The van der Waals surface area contributed by atoms with Crippen LogP contribution in [0.4, 0.5) is 4.39 Å². The first-order valence-electron chi connectivity index (χ1n) is 11.4. The van der Waals surface area contributed by atoms with Gasteiger partial charge >= 0.3 is 5.97 Å². The molecule has 1 fully saturated rings. The highest BCUT2D eigenvalue weighted by molar-refractivity contribution is 5.99. The van der Waals surface area contributed by atoms with Crippen LogP contribution in [-0.4, -0.2) is 59.4 Å². The summed E-state index contributed by atoms with van der Waals surface area (Å²) in [6.07, 6.45) is 1.26. The van der Waals surface area contributed by atoms with Gasteiger partial charge in [-0.3, -0.25) is 5.10 Å². The molecule has 2 aromatic heterocycles. The van der Waals surface area contributed by atoms with Crippen molar-refractivity contribution in [2.45, 2.75) is 37.7 Å². The number of carbonyl (C=O) groups is 1. The predicted molar refractivity (Wildman–Crippen MR) is 129 cm³/mol. The lowest BCUT2D eigenvalue weighted by Gasteiger charge is -2.29. The highest BCUT2D eigenvalue weighted by Gasteiger charge is 2.39. The van der Waals surface area contributed by atoms with E-state index in [0.717, 1.165) is 38.8 Å². The summed E-state index contributed by atoms with van der Waals surface area (Å²) in [6.45, 7) is 4.89. The number of carboxylic acids is 1. The van der Waals surface area contributed by atoms with Crippen LogP contribution in [0.5, 0.6) is 5.75 Å². The van der Waals surface area contributed by atoms with Crippen molar-refractivity contribution < 1.29 is 28.5 Å². The van der Waals surface area contributed by atoms with E-state index in [4.69, 9.17) is 14.2 Å². The number of nitrogens with zero attached hydrogens (tertiary/aromatic N) is 2. The Morgan fingerprint density at radius 3 is 2.80 bits per heavy atom. The molecule has 0 saturated carbocycles. The Bertz CT molecular complexity index is 1420. The maximum atomic E-state index is 14.4. The Balaban J connectivity index is 1.87. The van der Waals surface area contributed by atoms with Gasteiger partial charge in [0.25, 0.3) is 0 Å². The zero-order valence-corrected chi connectivity index (χ0v) is 20.1. The number of aliphatic carboxylic acids is 1. The first-order valence-corrected chi connectivity index (χ1v) is 11.4. The molecule has 1 aliphatic heterocycles. The van der Waals surface area contributed by atoms with Crippen molar-refractivity contribution in [3.63, 3.8) is 0 Å². The van der Waals surface area contributed by atoms with Crippen LogP contribution in [0.2, 0.25) is 0 Å². The van der Waals surface area contributed by atoms with Gasteiger partial charge in [0.05, 0.1) is 37.6 Å². The van der Waals surface area contributed by atoms with E-state index in [1.54, 1.807) is 25.4 Å². The molecule has 4 aromatic rings. The second-order valence-corrected chi connectivity index (χ2v) is 9.65. The smallest absolute Gasteiger partial charge is 0.332 e. The molecule has 2 atom stereocenters. The Morgan fingerprint density at radius 1 is 1.31 bits per heavy atom. The SMILES string of the molecule is COCC(C)(C)c1c([C@@H]2COC(C(=O)O)C2)c2cc3[nH]ncc3cc2n1-c1ccc(F)c(OC)c1. The third-order valence-electron chi connectivity index (χ3n) is 6.79. The van der Waals surface area contributed by atoms with Crippen molar-refractivity contribution in [1.82, 2.24) is 14.8 Å². The second kappa shape index (κ2) is 8.66. The molecule has 3 heterocycles. The molecule has 9 heteroatoms. The Kier molecular flexibility index (Phi) is 5.77. The van der Waals surface area contributed by atoms with Gasteiger partial charge < -0.3 is 23.9 Å². The fraction of sp³-hybridized carbons (Fsp3) is 0.385. The predicted octanol–water partition coefficient (Wildman–Crippen LogP) is 4.54. The number of benzene rings is 2. The molecule has 1 aliphatic rings. The molecule has 8 nitrogen and oxygen atoms in total.